The highest BCUT2D eigenvalue weighted by molar-refractivity contribution is 6.76. The Morgan fingerprint density at radius 2 is 1.96 bits per heavy atom. The maximum absolute atomic E-state index is 6.15. The van der Waals surface area contributed by atoms with Gasteiger partial charge in [0.25, 0.3) is 0 Å². The lowest BCUT2D eigenvalue weighted by Crippen LogP contribution is -2.22. The van der Waals surface area contributed by atoms with Crippen LogP contribution >= 0.6 is 11.6 Å². The van der Waals surface area contributed by atoms with Gasteiger partial charge in [0, 0.05) is 43.6 Å². The van der Waals surface area contributed by atoms with Crippen molar-refractivity contribution in [3.8, 4) is 17.0 Å². The molecule has 0 radical (unpaired) electrons. The lowest BCUT2D eigenvalue weighted by atomic mass is 10.1. The average molecular weight is 404 g/mol. The van der Waals surface area contributed by atoms with Crippen molar-refractivity contribution >= 4 is 30.7 Å². The summed E-state index contributed by atoms with van der Waals surface area (Å²) in [6, 6.07) is 8.85. The third kappa shape index (κ3) is 4.89. The monoisotopic (exact) mass is 403 g/mol. The van der Waals surface area contributed by atoms with Crippen LogP contribution in [0.3, 0.4) is 0 Å². The minimum atomic E-state index is -1.12. The number of aromatic nitrogens is 3. The highest BCUT2D eigenvalue weighted by atomic mass is 35.5. The van der Waals surface area contributed by atoms with Crippen LogP contribution in [0.4, 0.5) is 0 Å². The standard InChI is InChI=1S/C20H26ClN3O2Si/c1-5-26-20-16(7-6-10-22-20)17-13-24(14-25-11-12-27(2,3)4)19-15(17)8-9-18(21)23-19/h6-10,13H,5,11-12,14H2,1-4H3. The van der Waals surface area contributed by atoms with Crippen LogP contribution in [-0.2, 0) is 11.5 Å². The summed E-state index contributed by atoms with van der Waals surface area (Å²) in [5, 5.41) is 1.47. The molecule has 3 aromatic rings. The van der Waals surface area contributed by atoms with Crippen molar-refractivity contribution in [3.05, 3.63) is 41.8 Å². The zero-order valence-corrected chi connectivity index (χ0v) is 18.1. The quantitative estimate of drug-likeness (QED) is 0.284. The molecule has 0 aliphatic rings. The molecule has 0 unspecified atom stereocenters. The fourth-order valence-electron chi connectivity index (χ4n) is 2.84. The van der Waals surface area contributed by atoms with Gasteiger partial charge in [-0.1, -0.05) is 31.2 Å². The highest BCUT2D eigenvalue weighted by Crippen LogP contribution is 2.35. The van der Waals surface area contributed by atoms with Gasteiger partial charge in [0.15, 0.2) is 0 Å². The van der Waals surface area contributed by atoms with E-state index in [2.05, 4.69) is 29.6 Å². The molecule has 27 heavy (non-hydrogen) atoms. The Morgan fingerprint density at radius 1 is 1.15 bits per heavy atom. The first-order valence-electron chi connectivity index (χ1n) is 9.20. The Bertz CT molecular complexity index is 921. The first-order chi connectivity index (χ1) is 12.9. The molecule has 3 rings (SSSR count). The molecule has 0 bridgehead atoms. The van der Waals surface area contributed by atoms with Crippen molar-refractivity contribution in [3.63, 3.8) is 0 Å². The van der Waals surface area contributed by atoms with Gasteiger partial charge < -0.3 is 14.0 Å². The maximum Gasteiger partial charge on any atom is 0.221 e. The molecule has 0 atom stereocenters. The van der Waals surface area contributed by atoms with Crippen molar-refractivity contribution in [2.75, 3.05) is 13.2 Å². The Kier molecular flexibility index (Phi) is 6.19. The Balaban J connectivity index is 1.95. The molecular formula is C20H26ClN3O2Si. The second-order valence-electron chi connectivity index (χ2n) is 7.65. The van der Waals surface area contributed by atoms with Gasteiger partial charge in [-0.3, -0.25) is 0 Å². The zero-order valence-electron chi connectivity index (χ0n) is 16.3. The fraction of sp³-hybridized carbons (Fsp3) is 0.400. The molecule has 0 aliphatic carbocycles. The van der Waals surface area contributed by atoms with E-state index in [9.17, 15) is 0 Å². The summed E-state index contributed by atoms with van der Waals surface area (Å²) in [5.74, 6) is 0.619. The third-order valence-electron chi connectivity index (χ3n) is 4.26. The van der Waals surface area contributed by atoms with Gasteiger partial charge in [-0.2, -0.15) is 0 Å². The molecule has 144 valence electrons. The van der Waals surface area contributed by atoms with Crippen LogP contribution in [0.25, 0.3) is 22.2 Å². The smallest absolute Gasteiger partial charge is 0.221 e. The van der Waals surface area contributed by atoms with Crippen molar-refractivity contribution in [1.29, 1.82) is 0 Å². The summed E-state index contributed by atoms with van der Waals surface area (Å²) >= 11 is 6.15. The Labute approximate surface area is 166 Å². The number of ether oxygens (including phenoxy) is 2. The first kappa shape index (κ1) is 19.9. The van der Waals surface area contributed by atoms with Crippen LogP contribution in [0.1, 0.15) is 6.92 Å². The molecule has 0 N–H and O–H groups in total. The minimum Gasteiger partial charge on any atom is -0.478 e. The fourth-order valence-corrected chi connectivity index (χ4v) is 3.74. The van der Waals surface area contributed by atoms with E-state index in [0.29, 0.717) is 24.4 Å². The SMILES string of the molecule is CCOc1ncccc1-c1cn(COCC[Si](C)(C)C)c2nc(Cl)ccc12. The van der Waals surface area contributed by atoms with Crippen LogP contribution in [0.15, 0.2) is 36.7 Å². The molecule has 0 amide bonds. The number of hydrogen-bond acceptors (Lipinski definition) is 4. The number of fused-ring (bicyclic) bond motifs is 1. The van der Waals surface area contributed by atoms with Crippen LogP contribution in [0.5, 0.6) is 5.88 Å². The van der Waals surface area contributed by atoms with Crippen molar-refractivity contribution in [2.24, 2.45) is 0 Å². The molecule has 0 aliphatic heterocycles. The summed E-state index contributed by atoms with van der Waals surface area (Å²) in [7, 11) is -1.12. The molecule has 0 saturated heterocycles. The van der Waals surface area contributed by atoms with Crippen LogP contribution in [0.2, 0.25) is 30.8 Å². The number of rotatable bonds is 8. The van der Waals surface area contributed by atoms with Gasteiger partial charge in [-0.05, 0) is 37.2 Å². The van der Waals surface area contributed by atoms with Gasteiger partial charge in [0.1, 0.15) is 17.5 Å². The number of halogens is 1. The molecule has 0 fully saturated rings. The molecular weight excluding hydrogens is 378 g/mol. The molecule has 0 aromatic carbocycles. The van der Waals surface area contributed by atoms with Gasteiger partial charge >= 0.3 is 0 Å². The Morgan fingerprint density at radius 3 is 2.70 bits per heavy atom. The van der Waals surface area contributed by atoms with E-state index in [0.717, 1.165) is 34.8 Å². The highest BCUT2D eigenvalue weighted by Gasteiger charge is 2.17. The van der Waals surface area contributed by atoms with Crippen molar-refractivity contribution in [2.45, 2.75) is 39.3 Å². The Hall–Kier alpha value is -1.89. The summed E-state index contributed by atoms with van der Waals surface area (Å²) in [4.78, 5) is 8.90. The van der Waals surface area contributed by atoms with Gasteiger partial charge in [0.2, 0.25) is 5.88 Å². The third-order valence-corrected chi connectivity index (χ3v) is 6.17. The summed E-state index contributed by atoms with van der Waals surface area (Å²) in [6.45, 7) is 10.7. The number of nitrogens with zero attached hydrogens (tertiary/aromatic N) is 3. The zero-order chi connectivity index (χ0) is 19.4. The van der Waals surface area contributed by atoms with E-state index in [-0.39, 0.29) is 0 Å². The summed E-state index contributed by atoms with van der Waals surface area (Å²) < 4.78 is 13.7. The molecule has 5 nitrogen and oxygen atoms in total. The summed E-state index contributed by atoms with van der Waals surface area (Å²) in [5.41, 5.74) is 2.76. The molecule has 0 spiro atoms. The van der Waals surface area contributed by atoms with Crippen molar-refractivity contribution < 1.29 is 9.47 Å². The van der Waals surface area contributed by atoms with E-state index >= 15 is 0 Å². The summed E-state index contributed by atoms with van der Waals surface area (Å²) in [6.07, 6.45) is 3.78. The van der Waals surface area contributed by atoms with Crippen LogP contribution in [-0.4, -0.2) is 35.8 Å². The lowest BCUT2D eigenvalue weighted by Gasteiger charge is -2.15. The first-order valence-corrected chi connectivity index (χ1v) is 13.3. The van der Waals surface area contributed by atoms with Crippen LogP contribution in [0, 0.1) is 0 Å². The second kappa shape index (κ2) is 8.42. The normalized spacial score (nSPS) is 11.9. The minimum absolute atomic E-state index is 0.443. The maximum atomic E-state index is 6.15. The predicted molar refractivity (Wildman–Crippen MR) is 113 cm³/mol. The largest absolute Gasteiger partial charge is 0.478 e. The van der Waals surface area contributed by atoms with Crippen molar-refractivity contribution in [1.82, 2.24) is 14.5 Å². The molecule has 0 saturated carbocycles. The van der Waals surface area contributed by atoms with E-state index in [1.165, 1.54) is 0 Å². The van der Waals surface area contributed by atoms with Crippen LogP contribution < -0.4 is 4.74 Å². The molecule has 7 heteroatoms. The van der Waals surface area contributed by atoms with Gasteiger partial charge in [0.05, 0.1) is 6.61 Å². The topological polar surface area (TPSA) is 49.2 Å². The number of hydrogen-bond donors (Lipinski definition) is 0. The van der Waals surface area contributed by atoms with Gasteiger partial charge in [-0.15, -0.1) is 0 Å². The van der Waals surface area contributed by atoms with Gasteiger partial charge in [-0.25, -0.2) is 9.97 Å². The predicted octanol–water partition coefficient (Wildman–Crippen LogP) is 5.46. The van der Waals surface area contributed by atoms with E-state index in [4.69, 9.17) is 21.1 Å². The van der Waals surface area contributed by atoms with E-state index < -0.39 is 8.07 Å². The number of pyridine rings is 2. The molecule has 3 aromatic heterocycles. The second-order valence-corrected chi connectivity index (χ2v) is 13.7. The average Bonchev–Trinajstić information content (AvgIpc) is 2.96. The lowest BCUT2D eigenvalue weighted by molar-refractivity contribution is 0.0899. The van der Waals surface area contributed by atoms with E-state index in [1.54, 1.807) is 12.3 Å². The van der Waals surface area contributed by atoms with E-state index in [1.807, 2.05) is 35.9 Å². The molecule has 3 heterocycles.